The van der Waals surface area contributed by atoms with E-state index in [4.69, 9.17) is 5.26 Å². The summed E-state index contributed by atoms with van der Waals surface area (Å²) in [7, 11) is -3.66. The first-order valence-corrected chi connectivity index (χ1v) is 12.1. The summed E-state index contributed by atoms with van der Waals surface area (Å²) in [6.45, 7) is 7.87. The van der Waals surface area contributed by atoms with Crippen LogP contribution < -0.4 is 0 Å². The number of rotatable bonds is 3. The van der Waals surface area contributed by atoms with E-state index in [-0.39, 0.29) is 35.7 Å². The number of nitrogens with zero attached hydrogens (tertiary/aromatic N) is 4. The molecule has 8 nitrogen and oxygen atoms in total. The van der Waals surface area contributed by atoms with E-state index >= 15 is 0 Å². The number of piperazine rings is 1. The van der Waals surface area contributed by atoms with Gasteiger partial charge in [-0.2, -0.15) is 9.57 Å². The third-order valence-corrected chi connectivity index (χ3v) is 7.78. The molecule has 0 aliphatic carbocycles. The molecule has 2 fully saturated rings. The smallest absolute Gasteiger partial charge is 0.243 e. The zero-order chi connectivity index (χ0) is 22.8. The first-order valence-electron chi connectivity index (χ1n) is 10.6. The van der Waals surface area contributed by atoms with Crippen molar-refractivity contribution in [1.29, 1.82) is 5.26 Å². The van der Waals surface area contributed by atoms with Gasteiger partial charge in [-0.1, -0.05) is 20.8 Å². The second-order valence-corrected chi connectivity index (χ2v) is 11.1. The Hall–Kier alpha value is -2.44. The summed E-state index contributed by atoms with van der Waals surface area (Å²) in [5.41, 5.74) is -0.0723. The molecule has 2 aliphatic heterocycles. The van der Waals surface area contributed by atoms with Crippen molar-refractivity contribution in [2.75, 3.05) is 39.3 Å². The standard InChI is InChI=1S/C22H30N4O4S/c1-22(2,3)21(28)25-10-4-5-18(16-25)20(27)24-11-13-26(14-12-24)31(29,30)19-8-6-17(15-23)7-9-19/h6-9,18H,4-5,10-14,16H2,1-3H3. The van der Waals surface area contributed by atoms with Gasteiger partial charge < -0.3 is 9.80 Å². The largest absolute Gasteiger partial charge is 0.341 e. The highest BCUT2D eigenvalue weighted by molar-refractivity contribution is 7.89. The van der Waals surface area contributed by atoms with Crippen LogP contribution in [-0.2, 0) is 19.6 Å². The van der Waals surface area contributed by atoms with E-state index in [0.717, 1.165) is 12.8 Å². The van der Waals surface area contributed by atoms with Gasteiger partial charge in [-0.15, -0.1) is 0 Å². The van der Waals surface area contributed by atoms with E-state index in [1.807, 2.05) is 26.8 Å². The Labute approximate surface area is 184 Å². The Bertz CT molecular complexity index is 968. The highest BCUT2D eigenvalue weighted by Crippen LogP contribution is 2.25. The van der Waals surface area contributed by atoms with Crippen LogP contribution in [0.25, 0.3) is 0 Å². The fourth-order valence-electron chi connectivity index (χ4n) is 4.10. The number of carbonyl (C=O) groups excluding carboxylic acids is 2. The summed E-state index contributed by atoms with van der Waals surface area (Å²) in [5, 5.41) is 8.89. The van der Waals surface area contributed by atoms with Crippen molar-refractivity contribution in [3.8, 4) is 6.07 Å². The monoisotopic (exact) mass is 446 g/mol. The molecular weight excluding hydrogens is 416 g/mol. The predicted octanol–water partition coefficient (Wildman–Crippen LogP) is 1.68. The Morgan fingerprint density at radius 3 is 2.16 bits per heavy atom. The molecule has 1 atom stereocenters. The van der Waals surface area contributed by atoms with Gasteiger partial charge in [-0.05, 0) is 37.1 Å². The van der Waals surface area contributed by atoms with Crippen LogP contribution in [0.1, 0.15) is 39.2 Å². The molecule has 0 aromatic heterocycles. The number of nitriles is 1. The summed E-state index contributed by atoms with van der Waals surface area (Å²) in [5.74, 6) is -0.174. The summed E-state index contributed by atoms with van der Waals surface area (Å²) in [6.07, 6.45) is 1.54. The van der Waals surface area contributed by atoms with Crippen LogP contribution in [-0.4, -0.2) is 73.6 Å². The van der Waals surface area contributed by atoms with Gasteiger partial charge in [0.05, 0.1) is 22.4 Å². The molecular formula is C22H30N4O4S. The number of hydrogen-bond donors (Lipinski definition) is 0. The number of benzene rings is 1. The molecule has 1 aromatic rings. The van der Waals surface area contributed by atoms with E-state index in [2.05, 4.69) is 0 Å². The number of piperidine rings is 1. The molecule has 0 N–H and O–H groups in total. The zero-order valence-corrected chi connectivity index (χ0v) is 19.2. The van der Waals surface area contributed by atoms with Gasteiger partial charge in [0.2, 0.25) is 21.8 Å². The number of amides is 2. The highest BCUT2D eigenvalue weighted by atomic mass is 32.2. The lowest BCUT2D eigenvalue weighted by atomic mass is 9.90. The minimum atomic E-state index is -3.66. The predicted molar refractivity (Wildman–Crippen MR) is 115 cm³/mol. The second kappa shape index (κ2) is 8.97. The van der Waals surface area contributed by atoms with Crippen molar-refractivity contribution in [1.82, 2.24) is 14.1 Å². The molecule has 2 heterocycles. The summed E-state index contributed by atoms with van der Waals surface area (Å²) in [4.78, 5) is 29.3. The topological polar surface area (TPSA) is 102 Å². The SMILES string of the molecule is CC(C)(C)C(=O)N1CCCC(C(=O)N2CCN(S(=O)(=O)c3ccc(C#N)cc3)CC2)C1. The number of carbonyl (C=O) groups is 2. The van der Waals surface area contributed by atoms with Crippen molar-refractivity contribution < 1.29 is 18.0 Å². The van der Waals surface area contributed by atoms with Crippen molar-refractivity contribution in [2.45, 2.75) is 38.5 Å². The van der Waals surface area contributed by atoms with Gasteiger partial charge in [0, 0.05) is 44.7 Å². The van der Waals surface area contributed by atoms with Crippen LogP contribution in [0.2, 0.25) is 0 Å². The lowest BCUT2D eigenvalue weighted by Gasteiger charge is -2.39. The van der Waals surface area contributed by atoms with Crippen LogP contribution in [0.5, 0.6) is 0 Å². The second-order valence-electron chi connectivity index (χ2n) is 9.21. The first kappa shape index (κ1) is 23.2. The van der Waals surface area contributed by atoms with E-state index < -0.39 is 15.4 Å². The molecule has 1 aromatic carbocycles. The Morgan fingerprint density at radius 2 is 1.61 bits per heavy atom. The van der Waals surface area contributed by atoms with Crippen molar-refractivity contribution in [3.05, 3.63) is 29.8 Å². The molecule has 1 unspecified atom stereocenters. The normalized spacial score (nSPS) is 20.9. The maximum atomic E-state index is 13.1. The van der Waals surface area contributed by atoms with Crippen LogP contribution in [0, 0.1) is 22.7 Å². The van der Waals surface area contributed by atoms with Crippen LogP contribution in [0.15, 0.2) is 29.2 Å². The van der Waals surface area contributed by atoms with Gasteiger partial charge in [-0.25, -0.2) is 8.42 Å². The summed E-state index contributed by atoms with van der Waals surface area (Å²) in [6, 6.07) is 7.83. The number of hydrogen-bond acceptors (Lipinski definition) is 5. The molecule has 2 saturated heterocycles. The van der Waals surface area contributed by atoms with Crippen LogP contribution in [0.3, 0.4) is 0 Å². The van der Waals surface area contributed by atoms with Crippen molar-refractivity contribution >= 4 is 21.8 Å². The van der Waals surface area contributed by atoms with Crippen molar-refractivity contribution in [2.24, 2.45) is 11.3 Å². The minimum Gasteiger partial charge on any atom is -0.341 e. The van der Waals surface area contributed by atoms with E-state index in [1.54, 1.807) is 9.80 Å². The van der Waals surface area contributed by atoms with Crippen molar-refractivity contribution in [3.63, 3.8) is 0 Å². The molecule has 0 saturated carbocycles. The molecule has 31 heavy (non-hydrogen) atoms. The molecule has 0 radical (unpaired) electrons. The number of sulfonamides is 1. The van der Waals surface area contributed by atoms with Gasteiger partial charge in [0.15, 0.2) is 0 Å². The van der Waals surface area contributed by atoms with E-state index in [0.29, 0.717) is 31.7 Å². The summed E-state index contributed by atoms with van der Waals surface area (Å²) >= 11 is 0. The quantitative estimate of drug-likeness (QED) is 0.703. The third-order valence-electron chi connectivity index (χ3n) is 5.87. The van der Waals surface area contributed by atoms with Crippen LogP contribution in [0.4, 0.5) is 0 Å². The third kappa shape index (κ3) is 5.08. The maximum absolute atomic E-state index is 13.1. The molecule has 168 valence electrons. The van der Waals surface area contributed by atoms with Gasteiger partial charge >= 0.3 is 0 Å². The van der Waals surface area contributed by atoms with Gasteiger partial charge in [-0.3, -0.25) is 9.59 Å². The van der Waals surface area contributed by atoms with Crippen LogP contribution >= 0.6 is 0 Å². The lowest BCUT2D eigenvalue weighted by Crippen LogP contribution is -2.54. The zero-order valence-electron chi connectivity index (χ0n) is 18.4. The fourth-order valence-corrected chi connectivity index (χ4v) is 5.52. The molecule has 2 amide bonds. The molecule has 9 heteroatoms. The lowest BCUT2D eigenvalue weighted by molar-refractivity contribution is -0.145. The molecule has 3 rings (SSSR count). The summed E-state index contributed by atoms with van der Waals surface area (Å²) < 4.78 is 27.1. The Kier molecular flexibility index (Phi) is 6.72. The fraction of sp³-hybridized carbons (Fsp3) is 0.591. The van der Waals surface area contributed by atoms with E-state index in [1.165, 1.54) is 28.6 Å². The average molecular weight is 447 g/mol. The Morgan fingerprint density at radius 1 is 1.00 bits per heavy atom. The van der Waals surface area contributed by atoms with Gasteiger partial charge in [0.25, 0.3) is 0 Å². The first-order chi connectivity index (χ1) is 14.5. The number of likely N-dealkylation sites (tertiary alicyclic amines) is 1. The average Bonchev–Trinajstić information content (AvgIpc) is 2.77. The molecule has 2 aliphatic rings. The van der Waals surface area contributed by atoms with E-state index in [9.17, 15) is 18.0 Å². The highest BCUT2D eigenvalue weighted by Gasteiger charge is 2.37. The minimum absolute atomic E-state index is 0.00169. The van der Waals surface area contributed by atoms with Gasteiger partial charge in [0.1, 0.15) is 0 Å². The Balaban J connectivity index is 1.60. The molecule has 0 bridgehead atoms. The molecule has 0 spiro atoms. The maximum Gasteiger partial charge on any atom is 0.243 e.